The van der Waals surface area contributed by atoms with Gasteiger partial charge in [-0.15, -0.1) is 0 Å². The first-order valence-corrected chi connectivity index (χ1v) is 11.6. The first kappa shape index (κ1) is 24.0. The summed E-state index contributed by atoms with van der Waals surface area (Å²) in [7, 11) is 3.20. The molecule has 2 N–H and O–H groups in total. The molecule has 1 aliphatic heterocycles. The summed E-state index contributed by atoms with van der Waals surface area (Å²) < 4.78 is 25.7. The van der Waals surface area contributed by atoms with Crippen molar-refractivity contribution in [3.63, 3.8) is 0 Å². The first-order chi connectivity index (χ1) is 16.4. The van der Waals surface area contributed by atoms with Gasteiger partial charge in [-0.05, 0) is 59.7 Å². The minimum absolute atomic E-state index is 0.101. The fourth-order valence-corrected chi connectivity index (χ4v) is 5.06. The van der Waals surface area contributed by atoms with E-state index >= 15 is 0 Å². The van der Waals surface area contributed by atoms with Gasteiger partial charge in [0.05, 0.1) is 19.2 Å². The Morgan fingerprint density at radius 2 is 1.82 bits per heavy atom. The lowest BCUT2D eigenvalue weighted by Crippen LogP contribution is -2.44. The largest absolute Gasteiger partial charge is 0.493 e. The predicted molar refractivity (Wildman–Crippen MR) is 131 cm³/mol. The molecular weight excluding hydrogens is 455 g/mol. The van der Waals surface area contributed by atoms with Gasteiger partial charge in [-0.3, -0.25) is 9.69 Å². The molecule has 0 fully saturated rings. The SMILES string of the molecule is COc1cc2c(cc1OC)C(CCc1cccc(Cl)c1F)N(C(C(N)=O)c1ccccc1)CC2. The molecule has 178 valence electrons. The van der Waals surface area contributed by atoms with Crippen molar-refractivity contribution in [1.29, 1.82) is 0 Å². The minimum atomic E-state index is -0.614. The summed E-state index contributed by atoms with van der Waals surface area (Å²) in [5.74, 6) is 0.434. The van der Waals surface area contributed by atoms with Gasteiger partial charge < -0.3 is 15.2 Å². The number of carbonyl (C=O) groups excluding carboxylic acids is 1. The van der Waals surface area contributed by atoms with Crippen LogP contribution in [0.3, 0.4) is 0 Å². The topological polar surface area (TPSA) is 64.8 Å². The number of aryl methyl sites for hydroxylation is 1. The van der Waals surface area contributed by atoms with Crippen LogP contribution in [0.25, 0.3) is 0 Å². The number of nitrogens with zero attached hydrogens (tertiary/aromatic N) is 1. The van der Waals surface area contributed by atoms with Crippen molar-refractivity contribution >= 4 is 17.5 Å². The van der Waals surface area contributed by atoms with Crippen molar-refractivity contribution in [3.8, 4) is 11.5 Å². The van der Waals surface area contributed by atoms with Crippen molar-refractivity contribution < 1.29 is 18.7 Å². The highest BCUT2D eigenvalue weighted by molar-refractivity contribution is 6.30. The van der Waals surface area contributed by atoms with Crippen LogP contribution in [-0.2, 0) is 17.6 Å². The molecule has 34 heavy (non-hydrogen) atoms. The molecule has 4 rings (SSSR count). The van der Waals surface area contributed by atoms with Crippen molar-refractivity contribution in [3.05, 3.63) is 93.8 Å². The number of benzene rings is 3. The van der Waals surface area contributed by atoms with Gasteiger partial charge in [0.25, 0.3) is 0 Å². The van der Waals surface area contributed by atoms with Gasteiger partial charge in [-0.2, -0.15) is 0 Å². The Hall–Kier alpha value is -3.09. The summed E-state index contributed by atoms with van der Waals surface area (Å²) in [6.07, 6.45) is 1.73. The highest BCUT2D eigenvalue weighted by Crippen LogP contribution is 2.43. The number of hydrogen-bond donors (Lipinski definition) is 1. The van der Waals surface area contributed by atoms with E-state index in [4.69, 9.17) is 26.8 Å². The molecule has 0 aliphatic carbocycles. The van der Waals surface area contributed by atoms with E-state index in [2.05, 4.69) is 4.90 Å². The summed E-state index contributed by atoms with van der Waals surface area (Å²) in [5, 5.41) is 0.101. The monoisotopic (exact) mass is 482 g/mol. The van der Waals surface area contributed by atoms with Crippen LogP contribution >= 0.6 is 11.6 Å². The third-order valence-electron chi connectivity index (χ3n) is 6.48. The fourth-order valence-electron chi connectivity index (χ4n) is 4.87. The van der Waals surface area contributed by atoms with Crippen LogP contribution in [0.2, 0.25) is 5.02 Å². The minimum Gasteiger partial charge on any atom is -0.493 e. The Bertz CT molecular complexity index is 1170. The van der Waals surface area contributed by atoms with E-state index in [1.807, 2.05) is 42.5 Å². The smallest absolute Gasteiger partial charge is 0.239 e. The number of carbonyl (C=O) groups is 1. The van der Waals surface area contributed by atoms with Crippen LogP contribution in [0.15, 0.2) is 60.7 Å². The molecular formula is C27H28ClFN2O3. The zero-order valence-corrected chi connectivity index (χ0v) is 20.0. The van der Waals surface area contributed by atoms with Gasteiger partial charge in [0.2, 0.25) is 5.91 Å². The molecule has 1 aliphatic rings. The maximum absolute atomic E-state index is 14.7. The van der Waals surface area contributed by atoms with Crippen LogP contribution < -0.4 is 15.2 Å². The number of hydrogen-bond acceptors (Lipinski definition) is 4. The van der Waals surface area contributed by atoms with Crippen LogP contribution in [0, 0.1) is 5.82 Å². The molecule has 0 aromatic heterocycles. The van der Waals surface area contributed by atoms with Gasteiger partial charge in [0.1, 0.15) is 11.9 Å². The number of ether oxygens (including phenoxy) is 2. The third-order valence-corrected chi connectivity index (χ3v) is 6.77. The second-order valence-electron chi connectivity index (χ2n) is 8.38. The van der Waals surface area contributed by atoms with Gasteiger partial charge in [0, 0.05) is 12.6 Å². The Morgan fingerprint density at radius 3 is 2.50 bits per heavy atom. The summed E-state index contributed by atoms with van der Waals surface area (Å²) in [6.45, 7) is 0.619. The molecule has 1 heterocycles. The maximum Gasteiger partial charge on any atom is 0.239 e. The molecule has 3 aromatic carbocycles. The first-order valence-electron chi connectivity index (χ1n) is 11.2. The second-order valence-corrected chi connectivity index (χ2v) is 8.78. The number of nitrogens with two attached hydrogens (primary N) is 1. The second kappa shape index (κ2) is 10.5. The van der Waals surface area contributed by atoms with E-state index in [0.717, 1.165) is 16.7 Å². The molecule has 1 amide bonds. The fraction of sp³-hybridized carbons (Fsp3) is 0.296. The lowest BCUT2D eigenvalue weighted by atomic mass is 9.86. The predicted octanol–water partition coefficient (Wildman–Crippen LogP) is 5.25. The van der Waals surface area contributed by atoms with Crippen LogP contribution in [0.4, 0.5) is 4.39 Å². The lowest BCUT2D eigenvalue weighted by Gasteiger charge is -2.41. The van der Waals surface area contributed by atoms with Crippen LogP contribution in [-0.4, -0.2) is 31.6 Å². The number of rotatable bonds is 8. The van der Waals surface area contributed by atoms with Gasteiger partial charge >= 0.3 is 0 Å². The highest BCUT2D eigenvalue weighted by atomic mass is 35.5. The van der Waals surface area contributed by atoms with E-state index in [1.54, 1.807) is 26.4 Å². The normalized spacial score (nSPS) is 16.5. The molecule has 0 saturated heterocycles. The maximum atomic E-state index is 14.7. The standard InChI is InChI=1S/C27H28ClFN2O3/c1-33-23-15-19-13-14-31(26(27(30)32)18-7-4-3-5-8-18)22(20(19)16-24(23)34-2)12-11-17-9-6-10-21(28)25(17)29/h3-10,15-16,22,26H,11-14H2,1-2H3,(H2,30,32). The summed E-state index contributed by atoms with van der Waals surface area (Å²) in [6, 6.07) is 17.7. The Kier molecular flexibility index (Phi) is 7.39. The Balaban J connectivity index is 1.77. The number of fused-ring (bicyclic) bond motifs is 1. The average molecular weight is 483 g/mol. The Morgan fingerprint density at radius 1 is 1.12 bits per heavy atom. The number of halogens is 2. The summed E-state index contributed by atoms with van der Waals surface area (Å²) >= 11 is 6.01. The zero-order chi connectivity index (χ0) is 24.2. The average Bonchev–Trinajstić information content (AvgIpc) is 2.85. The number of methoxy groups -OCH3 is 2. The molecule has 0 saturated carbocycles. The Labute approximate surface area is 204 Å². The van der Waals surface area contributed by atoms with Gasteiger partial charge in [-0.1, -0.05) is 54.1 Å². The van der Waals surface area contributed by atoms with E-state index in [0.29, 0.717) is 42.9 Å². The van der Waals surface area contributed by atoms with E-state index in [-0.39, 0.29) is 11.1 Å². The molecule has 0 spiro atoms. The van der Waals surface area contributed by atoms with Gasteiger partial charge in [0.15, 0.2) is 11.5 Å². The molecule has 0 bridgehead atoms. The molecule has 7 heteroatoms. The molecule has 2 unspecified atom stereocenters. The lowest BCUT2D eigenvalue weighted by molar-refractivity contribution is -0.124. The molecule has 5 nitrogen and oxygen atoms in total. The quantitative estimate of drug-likeness (QED) is 0.476. The van der Waals surface area contributed by atoms with Crippen LogP contribution in [0.1, 0.15) is 40.8 Å². The van der Waals surface area contributed by atoms with E-state index in [9.17, 15) is 9.18 Å². The summed E-state index contributed by atoms with van der Waals surface area (Å²) in [4.78, 5) is 14.8. The van der Waals surface area contributed by atoms with Crippen molar-refractivity contribution in [2.45, 2.75) is 31.3 Å². The van der Waals surface area contributed by atoms with Gasteiger partial charge in [-0.25, -0.2) is 4.39 Å². The third kappa shape index (κ3) is 4.74. The summed E-state index contributed by atoms with van der Waals surface area (Å²) in [5.41, 5.74) is 9.44. The van der Waals surface area contributed by atoms with Crippen molar-refractivity contribution in [1.82, 2.24) is 4.90 Å². The number of amides is 1. The number of primary amides is 1. The van der Waals surface area contributed by atoms with E-state index < -0.39 is 17.8 Å². The van der Waals surface area contributed by atoms with Crippen LogP contribution in [0.5, 0.6) is 11.5 Å². The molecule has 2 atom stereocenters. The molecule has 0 radical (unpaired) electrons. The highest BCUT2D eigenvalue weighted by Gasteiger charge is 2.36. The van der Waals surface area contributed by atoms with E-state index in [1.165, 1.54) is 6.07 Å². The zero-order valence-electron chi connectivity index (χ0n) is 19.3. The van der Waals surface area contributed by atoms with Crippen molar-refractivity contribution in [2.24, 2.45) is 5.73 Å². The van der Waals surface area contributed by atoms with Crippen molar-refractivity contribution in [2.75, 3.05) is 20.8 Å². The molecule has 3 aromatic rings.